The van der Waals surface area contributed by atoms with Gasteiger partial charge in [-0.25, -0.2) is 8.42 Å². The highest BCUT2D eigenvalue weighted by molar-refractivity contribution is 7.91. The zero-order valence-electron chi connectivity index (χ0n) is 13.9. The van der Waals surface area contributed by atoms with Crippen molar-refractivity contribution in [1.29, 1.82) is 0 Å². The summed E-state index contributed by atoms with van der Waals surface area (Å²) in [5.74, 6) is 1.05. The average Bonchev–Trinajstić information content (AvgIpc) is 3.06. The third-order valence-corrected chi connectivity index (χ3v) is 7.89. The first-order valence-electron chi connectivity index (χ1n) is 8.52. The second-order valence-electron chi connectivity index (χ2n) is 6.96. The Morgan fingerprint density at radius 3 is 2.83 bits per heavy atom. The lowest BCUT2D eigenvalue weighted by atomic mass is 9.90. The van der Waals surface area contributed by atoms with Crippen molar-refractivity contribution < 1.29 is 13.2 Å². The van der Waals surface area contributed by atoms with E-state index in [0.29, 0.717) is 18.9 Å². The molecule has 6 heteroatoms. The molecule has 1 fully saturated rings. The number of aryl methyl sites for hydroxylation is 1. The van der Waals surface area contributed by atoms with E-state index in [9.17, 15) is 13.2 Å². The first-order chi connectivity index (χ1) is 10.9. The van der Waals surface area contributed by atoms with Crippen molar-refractivity contribution in [2.75, 3.05) is 18.1 Å². The SMILES string of the molecule is CCCN(C(=O)c1cc2c(s1)CCC(C)C2)C1CCS(=O)(=O)C1. The Morgan fingerprint density at radius 2 is 2.17 bits per heavy atom. The van der Waals surface area contributed by atoms with E-state index in [1.165, 1.54) is 16.9 Å². The van der Waals surface area contributed by atoms with Gasteiger partial charge >= 0.3 is 0 Å². The second kappa shape index (κ2) is 6.55. The first kappa shape index (κ1) is 17.0. The van der Waals surface area contributed by atoms with E-state index in [1.54, 1.807) is 11.3 Å². The van der Waals surface area contributed by atoms with Crippen LogP contribution in [-0.4, -0.2) is 43.3 Å². The molecule has 2 aliphatic rings. The van der Waals surface area contributed by atoms with Crippen molar-refractivity contribution in [3.63, 3.8) is 0 Å². The minimum absolute atomic E-state index is 0.0287. The third-order valence-electron chi connectivity index (χ3n) is 4.91. The number of thiophene rings is 1. The Balaban J connectivity index is 1.81. The van der Waals surface area contributed by atoms with Gasteiger partial charge in [0.05, 0.1) is 16.4 Å². The zero-order valence-corrected chi connectivity index (χ0v) is 15.5. The number of rotatable bonds is 4. The maximum atomic E-state index is 13.0. The maximum Gasteiger partial charge on any atom is 0.264 e. The summed E-state index contributed by atoms with van der Waals surface area (Å²) in [5, 5.41) is 0. The van der Waals surface area contributed by atoms with Gasteiger partial charge in [0.15, 0.2) is 9.84 Å². The Kier molecular flexibility index (Phi) is 4.83. The van der Waals surface area contributed by atoms with E-state index in [1.807, 2.05) is 11.8 Å². The Morgan fingerprint density at radius 1 is 1.39 bits per heavy atom. The largest absolute Gasteiger partial charge is 0.334 e. The normalized spacial score (nSPS) is 26.0. The van der Waals surface area contributed by atoms with Crippen molar-refractivity contribution in [2.24, 2.45) is 5.92 Å². The number of sulfone groups is 1. The fourth-order valence-electron chi connectivity index (χ4n) is 3.66. The molecule has 1 aliphatic carbocycles. The fourth-order valence-corrected chi connectivity index (χ4v) is 6.56. The highest BCUT2D eigenvalue weighted by Crippen LogP contribution is 2.33. The van der Waals surface area contributed by atoms with E-state index in [-0.39, 0.29) is 23.5 Å². The quantitative estimate of drug-likeness (QED) is 0.834. The van der Waals surface area contributed by atoms with Crippen LogP contribution in [0.25, 0.3) is 0 Å². The minimum Gasteiger partial charge on any atom is -0.334 e. The van der Waals surface area contributed by atoms with Crippen LogP contribution < -0.4 is 0 Å². The molecular weight excluding hydrogens is 330 g/mol. The van der Waals surface area contributed by atoms with Crippen LogP contribution in [0.5, 0.6) is 0 Å². The van der Waals surface area contributed by atoms with E-state index in [4.69, 9.17) is 0 Å². The average molecular weight is 356 g/mol. The third kappa shape index (κ3) is 3.63. The molecule has 1 saturated heterocycles. The Labute approximate surface area is 142 Å². The lowest BCUT2D eigenvalue weighted by Crippen LogP contribution is -2.41. The number of hydrogen-bond donors (Lipinski definition) is 0. The molecule has 23 heavy (non-hydrogen) atoms. The van der Waals surface area contributed by atoms with Gasteiger partial charge in [0, 0.05) is 17.5 Å². The van der Waals surface area contributed by atoms with Gasteiger partial charge in [-0.15, -0.1) is 11.3 Å². The molecule has 1 aliphatic heterocycles. The number of fused-ring (bicyclic) bond motifs is 1. The molecule has 1 aromatic heterocycles. The summed E-state index contributed by atoms with van der Waals surface area (Å²) < 4.78 is 23.5. The highest BCUT2D eigenvalue weighted by atomic mass is 32.2. The lowest BCUT2D eigenvalue weighted by Gasteiger charge is -2.27. The monoisotopic (exact) mass is 355 g/mol. The molecule has 0 radical (unpaired) electrons. The molecule has 3 rings (SSSR count). The molecule has 0 bridgehead atoms. The molecule has 2 unspecified atom stereocenters. The Hall–Kier alpha value is -0.880. The summed E-state index contributed by atoms with van der Waals surface area (Å²) in [6.45, 7) is 4.93. The van der Waals surface area contributed by atoms with Crippen molar-refractivity contribution >= 4 is 27.1 Å². The highest BCUT2D eigenvalue weighted by Gasteiger charge is 2.35. The van der Waals surface area contributed by atoms with E-state index in [2.05, 4.69) is 13.0 Å². The number of hydrogen-bond acceptors (Lipinski definition) is 4. The molecule has 0 saturated carbocycles. The van der Waals surface area contributed by atoms with Gasteiger partial charge in [0.1, 0.15) is 0 Å². The topological polar surface area (TPSA) is 54.5 Å². The summed E-state index contributed by atoms with van der Waals surface area (Å²) in [6, 6.07) is 1.91. The van der Waals surface area contributed by atoms with Crippen LogP contribution in [0.15, 0.2) is 6.07 Å². The molecule has 1 aromatic rings. The predicted octanol–water partition coefficient (Wildman–Crippen LogP) is 2.91. The van der Waals surface area contributed by atoms with Crippen molar-refractivity contribution in [3.05, 3.63) is 21.4 Å². The molecule has 0 spiro atoms. The van der Waals surface area contributed by atoms with E-state index in [0.717, 1.165) is 24.1 Å². The summed E-state index contributed by atoms with van der Waals surface area (Å²) in [7, 11) is -2.97. The van der Waals surface area contributed by atoms with Crippen LogP contribution >= 0.6 is 11.3 Å². The van der Waals surface area contributed by atoms with Crippen LogP contribution in [0.4, 0.5) is 0 Å². The van der Waals surface area contributed by atoms with Gasteiger partial charge in [0.2, 0.25) is 0 Å². The molecule has 0 N–H and O–H groups in total. The molecule has 128 valence electrons. The van der Waals surface area contributed by atoms with Gasteiger partial charge in [-0.1, -0.05) is 13.8 Å². The fraction of sp³-hybridized carbons (Fsp3) is 0.706. The second-order valence-corrected chi connectivity index (χ2v) is 10.3. The predicted molar refractivity (Wildman–Crippen MR) is 93.9 cm³/mol. The smallest absolute Gasteiger partial charge is 0.264 e. The molecule has 2 heterocycles. The van der Waals surface area contributed by atoms with Gasteiger partial charge in [-0.3, -0.25) is 4.79 Å². The van der Waals surface area contributed by atoms with Gasteiger partial charge in [-0.05, 0) is 49.7 Å². The summed E-state index contributed by atoms with van der Waals surface area (Å²) in [6.07, 6.45) is 4.76. The van der Waals surface area contributed by atoms with Crippen molar-refractivity contribution in [3.8, 4) is 0 Å². The van der Waals surface area contributed by atoms with E-state index < -0.39 is 9.84 Å². The van der Waals surface area contributed by atoms with Crippen LogP contribution in [0, 0.1) is 5.92 Å². The van der Waals surface area contributed by atoms with Crippen molar-refractivity contribution in [2.45, 2.75) is 52.0 Å². The number of carbonyl (C=O) groups excluding carboxylic acids is 1. The Bertz CT molecular complexity index is 693. The maximum absolute atomic E-state index is 13.0. The molecule has 4 nitrogen and oxygen atoms in total. The summed E-state index contributed by atoms with van der Waals surface area (Å²) >= 11 is 1.62. The van der Waals surface area contributed by atoms with Crippen LogP contribution in [0.1, 0.15) is 53.2 Å². The lowest BCUT2D eigenvalue weighted by molar-refractivity contribution is 0.0702. The van der Waals surface area contributed by atoms with Crippen molar-refractivity contribution in [1.82, 2.24) is 4.90 Å². The molecular formula is C17H25NO3S2. The summed E-state index contributed by atoms with van der Waals surface area (Å²) in [4.78, 5) is 16.9. The zero-order chi connectivity index (χ0) is 16.6. The van der Waals surface area contributed by atoms with Crippen LogP contribution in [0.3, 0.4) is 0 Å². The standard InChI is InChI=1S/C17H25NO3S2/c1-3-7-18(14-6-8-23(20,21)11-14)17(19)16-10-13-9-12(2)4-5-15(13)22-16/h10,12,14H,3-9,11H2,1-2H3. The van der Waals surface area contributed by atoms with Crippen LogP contribution in [-0.2, 0) is 22.7 Å². The van der Waals surface area contributed by atoms with Gasteiger partial charge in [-0.2, -0.15) is 0 Å². The van der Waals surface area contributed by atoms with Gasteiger partial charge < -0.3 is 4.90 Å². The minimum atomic E-state index is -2.97. The first-order valence-corrected chi connectivity index (χ1v) is 11.2. The summed E-state index contributed by atoms with van der Waals surface area (Å²) in [5.41, 5.74) is 1.33. The van der Waals surface area contributed by atoms with Crippen LogP contribution in [0.2, 0.25) is 0 Å². The molecule has 1 amide bonds. The van der Waals surface area contributed by atoms with E-state index >= 15 is 0 Å². The number of carbonyl (C=O) groups is 1. The molecule has 0 aromatic carbocycles. The number of amides is 1. The van der Waals surface area contributed by atoms with Gasteiger partial charge in [0.25, 0.3) is 5.91 Å². The molecule has 2 atom stereocenters. The number of nitrogens with zero attached hydrogens (tertiary/aromatic N) is 1.